The van der Waals surface area contributed by atoms with E-state index < -0.39 is 46.0 Å². The van der Waals surface area contributed by atoms with Crippen molar-refractivity contribution in [1.82, 2.24) is 0 Å². The molecule has 6 aliphatic carbocycles. The van der Waals surface area contributed by atoms with Gasteiger partial charge in [-0.05, 0) is 93.6 Å². The average molecular weight is 458 g/mol. The molecule has 0 aromatic heterocycles. The molecule has 1 nitrogen and oxygen atoms in total. The van der Waals surface area contributed by atoms with Gasteiger partial charge in [0.2, 0.25) is 0 Å². The third-order valence-electron chi connectivity index (χ3n) is 9.47. The molecular formula is C25H28F6O. The fraction of sp³-hybridized carbons (Fsp3) is 0.680. The van der Waals surface area contributed by atoms with Crippen LogP contribution in [0.4, 0.5) is 26.3 Å². The third-order valence-corrected chi connectivity index (χ3v) is 9.47. The highest BCUT2D eigenvalue weighted by atomic mass is 19.3. The van der Waals surface area contributed by atoms with Crippen molar-refractivity contribution in [3.8, 4) is 0 Å². The van der Waals surface area contributed by atoms with E-state index in [1.807, 2.05) is 0 Å². The minimum Gasteiger partial charge on any atom is -0.302 e. The molecule has 4 fully saturated rings. The van der Waals surface area contributed by atoms with Crippen molar-refractivity contribution in [3.05, 3.63) is 46.5 Å². The van der Waals surface area contributed by atoms with Gasteiger partial charge in [-0.2, -0.15) is 8.78 Å². The number of hydrogen-bond acceptors (Lipinski definition) is 1. The number of benzene rings is 1. The number of ether oxygens (including phenoxy) is 1. The van der Waals surface area contributed by atoms with Gasteiger partial charge in [0.15, 0.2) is 17.5 Å². The number of rotatable bonds is 4. The maximum absolute atomic E-state index is 15.7. The smallest absolute Gasteiger partial charge is 0.302 e. The van der Waals surface area contributed by atoms with Gasteiger partial charge in [-0.15, -0.1) is 0 Å². The second kappa shape index (κ2) is 6.77. The zero-order valence-corrected chi connectivity index (χ0v) is 18.4. The Labute approximate surface area is 184 Å². The molecule has 4 bridgehead atoms. The lowest BCUT2D eigenvalue weighted by atomic mass is 9.41. The van der Waals surface area contributed by atoms with Crippen LogP contribution in [-0.2, 0) is 10.8 Å². The van der Waals surface area contributed by atoms with Crippen molar-refractivity contribution < 1.29 is 31.1 Å². The van der Waals surface area contributed by atoms with Crippen molar-refractivity contribution in [1.29, 1.82) is 0 Å². The van der Waals surface area contributed by atoms with E-state index in [-0.39, 0.29) is 42.1 Å². The molecule has 0 unspecified atom stereocenters. The van der Waals surface area contributed by atoms with Crippen molar-refractivity contribution in [2.24, 2.45) is 16.2 Å². The van der Waals surface area contributed by atoms with Crippen LogP contribution in [0.1, 0.15) is 82.3 Å². The number of allylic oxidation sites excluding steroid dienone is 1. The Balaban J connectivity index is 1.49. The fourth-order valence-electron chi connectivity index (χ4n) is 7.10. The van der Waals surface area contributed by atoms with Crippen molar-refractivity contribution >= 4 is 0 Å². The Bertz CT molecular complexity index is 964. The molecule has 7 rings (SSSR count). The van der Waals surface area contributed by atoms with Gasteiger partial charge in [0.05, 0.1) is 5.56 Å². The molecule has 0 aliphatic heterocycles. The molecular weight excluding hydrogens is 430 g/mol. The van der Waals surface area contributed by atoms with Gasteiger partial charge >= 0.3 is 6.11 Å². The summed E-state index contributed by atoms with van der Waals surface area (Å²) in [4.78, 5) is 0. The fourth-order valence-corrected chi connectivity index (χ4v) is 7.10. The van der Waals surface area contributed by atoms with Gasteiger partial charge in [-0.3, -0.25) is 0 Å². The van der Waals surface area contributed by atoms with Gasteiger partial charge in [0.25, 0.3) is 0 Å². The number of fused-ring (bicyclic) bond motifs is 5. The summed E-state index contributed by atoms with van der Waals surface area (Å²) in [5.41, 5.74) is -4.63. The maximum atomic E-state index is 15.7. The van der Waals surface area contributed by atoms with E-state index in [1.165, 1.54) is 6.92 Å². The molecule has 0 spiro atoms. The van der Waals surface area contributed by atoms with Crippen molar-refractivity contribution in [2.45, 2.75) is 89.8 Å². The van der Waals surface area contributed by atoms with Gasteiger partial charge in [0.1, 0.15) is 11.4 Å². The number of aryl methyl sites for hydroxylation is 1. The van der Waals surface area contributed by atoms with E-state index in [1.54, 1.807) is 0 Å². The van der Waals surface area contributed by atoms with Crippen LogP contribution in [0.15, 0.2) is 23.8 Å². The first kappa shape index (κ1) is 22.3. The third kappa shape index (κ3) is 2.82. The summed E-state index contributed by atoms with van der Waals surface area (Å²) in [6.07, 6.45) is 1.34. The Kier molecular flexibility index (Phi) is 4.72. The first-order valence-electron chi connectivity index (χ1n) is 11.5. The van der Waals surface area contributed by atoms with Crippen LogP contribution in [0.25, 0.3) is 0 Å². The summed E-state index contributed by atoms with van der Waals surface area (Å²) >= 11 is 0. The first-order valence-corrected chi connectivity index (χ1v) is 11.5. The summed E-state index contributed by atoms with van der Waals surface area (Å²) in [6.45, 7) is 3.49. The standard InChI is InChI=1S/C25H28F6O/c1-15-3-4-16(18(27)17(15)26)25(30,31)32-24-13-11-23(12-14-24,19(28)20(24)29)22-8-5-21(2,6-9-22)7-10-22/h3-4H,5-14H2,1-2H3. The van der Waals surface area contributed by atoms with E-state index >= 15 is 8.78 Å². The molecule has 7 heteroatoms. The molecule has 0 saturated heterocycles. The second-order valence-electron chi connectivity index (χ2n) is 11.0. The molecule has 4 saturated carbocycles. The molecule has 0 N–H and O–H groups in total. The van der Waals surface area contributed by atoms with Crippen molar-refractivity contribution in [2.75, 3.05) is 0 Å². The van der Waals surface area contributed by atoms with E-state index in [2.05, 4.69) is 6.92 Å². The van der Waals surface area contributed by atoms with Gasteiger partial charge in [-0.25, -0.2) is 17.6 Å². The van der Waals surface area contributed by atoms with E-state index in [4.69, 9.17) is 4.74 Å². The zero-order chi connectivity index (χ0) is 23.2. The Morgan fingerprint density at radius 3 is 1.88 bits per heavy atom. The van der Waals surface area contributed by atoms with E-state index in [0.717, 1.165) is 50.7 Å². The lowest BCUT2D eigenvalue weighted by molar-refractivity contribution is -0.318. The Morgan fingerprint density at radius 2 is 1.31 bits per heavy atom. The molecule has 1 aromatic carbocycles. The molecule has 32 heavy (non-hydrogen) atoms. The predicted octanol–water partition coefficient (Wildman–Crippen LogP) is 8.16. The topological polar surface area (TPSA) is 9.23 Å². The van der Waals surface area contributed by atoms with Crippen LogP contribution < -0.4 is 0 Å². The first-order chi connectivity index (χ1) is 14.9. The SMILES string of the molecule is Cc1ccc(C(F)(F)OC23CCC(C45CCC(C)(CC4)CC5)(CC2)C(F)=C3F)c(F)c1F. The summed E-state index contributed by atoms with van der Waals surface area (Å²) in [5, 5.41) is 0. The monoisotopic (exact) mass is 458 g/mol. The zero-order valence-electron chi connectivity index (χ0n) is 18.4. The Morgan fingerprint density at radius 1 is 0.750 bits per heavy atom. The molecule has 176 valence electrons. The number of hydrogen-bond donors (Lipinski definition) is 0. The maximum Gasteiger partial charge on any atom is 0.387 e. The van der Waals surface area contributed by atoms with E-state index in [9.17, 15) is 17.6 Å². The van der Waals surface area contributed by atoms with Crippen LogP contribution in [0.3, 0.4) is 0 Å². The van der Waals surface area contributed by atoms with E-state index in [0.29, 0.717) is 0 Å². The van der Waals surface area contributed by atoms with Crippen LogP contribution in [0, 0.1) is 34.8 Å². The van der Waals surface area contributed by atoms with Gasteiger partial charge < -0.3 is 4.74 Å². The average Bonchev–Trinajstić information content (AvgIpc) is 2.76. The number of halogens is 6. The quantitative estimate of drug-likeness (QED) is 0.414. The van der Waals surface area contributed by atoms with Gasteiger partial charge in [-0.1, -0.05) is 13.0 Å². The van der Waals surface area contributed by atoms with Crippen LogP contribution >= 0.6 is 0 Å². The molecule has 6 aliphatic rings. The molecule has 0 amide bonds. The van der Waals surface area contributed by atoms with Crippen molar-refractivity contribution in [3.63, 3.8) is 0 Å². The van der Waals surface area contributed by atoms with Crippen LogP contribution in [0.5, 0.6) is 0 Å². The lowest BCUT2D eigenvalue weighted by Gasteiger charge is -2.64. The normalized spacial score (nSPS) is 39.1. The largest absolute Gasteiger partial charge is 0.387 e. The predicted molar refractivity (Wildman–Crippen MR) is 107 cm³/mol. The second-order valence-corrected chi connectivity index (χ2v) is 11.0. The highest BCUT2D eigenvalue weighted by Gasteiger charge is 2.67. The summed E-state index contributed by atoms with van der Waals surface area (Å²) in [5.74, 6) is -5.37. The molecule has 1 aromatic rings. The van der Waals surface area contributed by atoms with Crippen LogP contribution in [0.2, 0.25) is 0 Å². The summed E-state index contributed by atoms with van der Waals surface area (Å²) in [7, 11) is 0. The molecule has 0 atom stereocenters. The lowest BCUT2D eigenvalue weighted by Crippen LogP contribution is -2.59. The highest BCUT2D eigenvalue weighted by Crippen LogP contribution is 2.73. The summed E-state index contributed by atoms with van der Waals surface area (Å²) in [6, 6.07) is 1.75. The molecule has 0 heterocycles. The Hall–Kier alpha value is -1.50. The minimum atomic E-state index is -4.30. The molecule has 0 radical (unpaired) electrons. The van der Waals surface area contributed by atoms with Gasteiger partial charge in [0, 0.05) is 5.41 Å². The summed E-state index contributed by atoms with van der Waals surface area (Å²) < 4.78 is 94.2. The minimum absolute atomic E-state index is 0.100. The highest BCUT2D eigenvalue weighted by molar-refractivity contribution is 5.34. The number of alkyl halides is 2. The van der Waals surface area contributed by atoms with Crippen LogP contribution in [-0.4, -0.2) is 5.60 Å².